The Bertz CT molecular complexity index is 718. The van der Waals surface area contributed by atoms with Crippen molar-refractivity contribution in [3.05, 3.63) is 59.4 Å². The third kappa shape index (κ3) is 4.63. The Labute approximate surface area is 140 Å². The van der Waals surface area contributed by atoms with Crippen molar-refractivity contribution in [3.63, 3.8) is 0 Å². The van der Waals surface area contributed by atoms with Crippen molar-refractivity contribution >= 4 is 17.9 Å². The lowest BCUT2D eigenvalue weighted by molar-refractivity contribution is -0.108. The number of carbonyl (C=O) groups excluding carboxylic acids is 1. The number of ether oxygens (including phenoxy) is 2. The van der Waals surface area contributed by atoms with E-state index in [0.717, 1.165) is 5.56 Å². The van der Waals surface area contributed by atoms with Crippen molar-refractivity contribution in [3.8, 4) is 5.75 Å². The minimum atomic E-state index is -0.467. The molecule has 0 spiro atoms. The van der Waals surface area contributed by atoms with Crippen LogP contribution in [0, 0.1) is 12.7 Å². The molecule has 0 aliphatic carbocycles. The van der Waals surface area contributed by atoms with Gasteiger partial charge in [-0.05, 0) is 6.92 Å². The zero-order valence-electron chi connectivity index (χ0n) is 13.6. The topological polar surface area (TPSA) is 59.9 Å². The zero-order valence-corrected chi connectivity index (χ0v) is 13.6. The van der Waals surface area contributed by atoms with Gasteiger partial charge in [-0.3, -0.25) is 4.79 Å². The van der Waals surface area contributed by atoms with Gasteiger partial charge in [-0.25, -0.2) is 9.38 Å². The number of amidine groups is 1. The van der Waals surface area contributed by atoms with Crippen LogP contribution in [-0.2, 0) is 9.53 Å². The first-order valence-corrected chi connectivity index (χ1v) is 7.42. The van der Waals surface area contributed by atoms with Crippen molar-refractivity contribution in [2.75, 3.05) is 20.3 Å². The molecule has 2 aromatic carbocycles. The van der Waals surface area contributed by atoms with Crippen LogP contribution in [0.4, 0.5) is 10.1 Å². The molecule has 1 amide bonds. The lowest BCUT2D eigenvalue weighted by atomic mass is 10.1. The Hall–Kier alpha value is -2.73. The fourth-order valence-corrected chi connectivity index (χ4v) is 2.09. The predicted molar refractivity (Wildman–Crippen MR) is 90.3 cm³/mol. The molecule has 0 radical (unpaired) electrons. The van der Waals surface area contributed by atoms with Crippen LogP contribution in [0.5, 0.6) is 5.75 Å². The SMILES string of the molecule is COCCOc1cc(F)cc(N=C(NC=O)c2ccccc2)c1C. The number of benzene rings is 2. The Morgan fingerprint density at radius 1 is 1.25 bits per heavy atom. The Kier molecular flexibility index (Phi) is 6.45. The maximum atomic E-state index is 13.9. The summed E-state index contributed by atoms with van der Waals surface area (Å²) in [6.45, 7) is 2.49. The van der Waals surface area contributed by atoms with Crippen LogP contribution >= 0.6 is 0 Å². The Balaban J connectivity index is 2.40. The number of hydrogen-bond donors (Lipinski definition) is 1. The van der Waals surface area contributed by atoms with Crippen LogP contribution in [0.15, 0.2) is 47.5 Å². The van der Waals surface area contributed by atoms with E-state index in [1.807, 2.05) is 18.2 Å². The predicted octanol–water partition coefficient (Wildman–Crippen LogP) is 2.98. The molecule has 2 rings (SSSR count). The zero-order chi connectivity index (χ0) is 17.4. The highest BCUT2D eigenvalue weighted by Crippen LogP contribution is 2.30. The minimum Gasteiger partial charge on any atom is -0.491 e. The van der Waals surface area contributed by atoms with Gasteiger partial charge in [0.15, 0.2) is 0 Å². The average molecular weight is 330 g/mol. The number of nitrogens with one attached hydrogen (secondary N) is 1. The lowest BCUT2D eigenvalue weighted by Crippen LogP contribution is -2.22. The summed E-state index contributed by atoms with van der Waals surface area (Å²) in [7, 11) is 1.56. The number of carbonyl (C=O) groups is 1. The number of halogens is 1. The molecule has 6 heteroatoms. The molecule has 0 atom stereocenters. The van der Waals surface area contributed by atoms with Gasteiger partial charge < -0.3 is 14.8 Å². The van der Waals surface area contributed by atoms with Crippen molar-refractivity contribution in [1.29, 1.82) is 0 Å². The van der Waals surface area contributed by atoms with Crippen molar-refractivity contribution in [1.82, 2.24) is 5.32 Å². The second kappa shape index (κ2) is 8.79. The highest BCUT2D eigenvalue weighted by Gasteiger charge is 2.10. The first kappa shape index (κ1) is 17.6. The number of rotatable bonds is 7. The van der Waals surface area contributed by atoms with E-state index in [9.17, 15) is 9.18 Å². The van der Waals surface area contributed by atoms with E-state index in [4.69, 9.17) is 9.47 Å². The van der Waals surface area contributed by atoms with Gasteiger partial charge in [-0.2, -0.15) is 0 Å². The van der Waals surface area contributed by atoms with E-state index in [1.54, 1.807) is 26.2 Å². The number of hydrogen-bond acceptors (Lipinski definition) is 4. The van der Waals surface area contributed by atoms with Crippen LogP contribution in [0.2, 0.25) is 0 Å². The third-order valence-electron chi connectivity index (χ3n) is 3.32. The molecule has 126 valence electrons. The standard InChI is InChI=1S/C18H19FN2O3/c1-13-16(10-15(19)11-17(13)24-9-8-23-2)21-18(20-12-22)14-6-4-3-5-7-14/h3-7,10-12H,8-9H2,1-2H3,(H,20,21,22). The summed E-state index contributed by atoms with van der Waals surface area (Å²) in [5, 5.41) is 2.55. The monoisotopic (exact) mass is 330 g/mol. The van der Waals surface area contributed by atoms with Crippen molar-refractivity contribution in [2.24, 2.45) is 4.99 Å². The van der Waals surface area contributed by atoms with Crippen molar-refractivity contribution < 1.29 is 18.7 Å². The minimum absolute atomic E-state index is 0.308. The molecule has 0 bridgehead atoms. The molecule has 2 aromatic rings. The van der Waals surface area contributed by atoms with Gasteiger partial charge in [0.25, 0.3) is 0 Å². The largest absolute Gasteiger partial charge is 0.491 e. The summed E-state index contributed by atoms with van der Waals surface area (Å²) in [6, 6.07) is 11.7. The average Bonchev–Trinajstić information content (AvgIpc) is 2.59. The fourth-order valence-electron chi connectivity index (χ4n) is 2.09. The number of nitrogens with zero attached hydrogens (tertiary/aromatic N) is 1. The van der Waals surface area contributed by atoms with Gasteiger partial charge in [-0.15, -0.1) is 0 Å². The molecule has 0 fully saturated rings. The van der Waals surface area contributed by atoms with E-state index >= 15 is 0 Å². The number of methoxy groups -OCH3 is 1. The molecule has 0 heterocycles. The summed E-state index contributed by atoms with van der Waals surface area (Å²) in [4.78, 5) is 15.3. The normalized spacial score (nSPS) is 11.2. The maximum Gasteiger partial charge on any atom is 0.212 e. The van der Waals surface area contributed by atoms with Gasteiger partial charge in [0.1, 0.15) is 24.0 Å². The second-order valence-electron chi connectivity index (χ2n) is 4.98. The van der Waals surface area contributed by atoms with Gasteiger partial charge in [0, 0.05) is 30.4 Å². The molecule has 0 unspecified atom stereocenters. The van der Waals surface area contributed by atoms with E-state index < -0.39 is 5.82 Å². The fraction of sp³-hybridized carbons (Fsp3) is 0.222. The smallest absolute Gasteiger partial charge is 0.212 e. The van der Waals surface area contributed by atoms with E-state index in [1.165, 1.54) is 12.1 Å². The number of aliphatic imine (C=N–C) groups is 1. The van der Waals surface area contributed by atoms with Gasteiger partial charge >= 0.3 is 0 Å². The lowest BCUT2D eigenvalue weighted by Gasteiger charge is -2.12. The molecule has 0 saturated heterocycles. The van der Waals surface area contributed by atoms with Crippen molar-refractivity contribution in [2.45, 2.75) is 6.92 Å². The van der Waals surface area contributed by atoms with Crippen LogP contribution in [0.25, 0.3) is 0 Å². The van der Waals surface area contributed by atoms with Gasteiger partial charge in [0.2, 0.25) is 6.41 Å². The quantitative estimate of drug-likeness (QED) is 0.367. The molecule has 0 saturated carbocycles. The molecule has 0 aliphatic heterocycles. The Morgan fingerprint density at radius 3 is 2.67 bits per heavy atom. The molecule has 24 heavy (non-hydrogen) atoms. The molecule has 5 nitrogen and oxygen atoms in total. The highest BCUT2D eigenvalue weighted by atomic mass is 19.1. The highest BCUT2D eigenvalue weighted by molar-refractivity contribution is 6.05. The maximum absolute atomic E-state index is 13.9. The molecule has 0 aliphatic rings. The van der Waals surface area contributed by atoms with E-state index in [2.05, 4.69) is 10.3 Å². The van der Waals surface area contributed by atoms with E-state index in [0.29, 0.717) is 42.5 Å². The molecular weight excluding hydrogens is 311 g/mol. The molecular formula is C18H19FN2O3. The third-order valence-corrected chi connectivity index (χ3v) is 3.32. The summed E-state index contributed by atoms with van der Waals surface area (Å²) >= 11 is 0. The summed E-state index contributed by atoms with van der Waals surface area (Å²) in [5.41, 5.74) is 1.78. The number of amides is 1. The van der Waals surface area contributed by atoms with E-state index in [-0.39, 0.29) is 0 Å². The first-order valence-electron chi connectivity index (χ1n) is 7.42. The van der Waals surface area contributed by atoms with Crippen LogP contribution < -0.4 is 10.1 Å². The Morgan fingerprint density at radius 2 is 2.00 bits per heavy atom. The van der Waals surface area contributed by atoms with Gasteiger partial charge in [-0.1, -0.05) is 30.3 Å². The first-order chi connectivity index (χ1) is 11.7. The summed E-state index contributed by atoms with van der Waals surface area (Å²) in [6.07, 6.45) is 0.538. The van der Waals surface area contributed by atoms with Crippen LogP contribution in [-0.4, -0.2) is 32.6 Å². The summed E-state index contributed by atoms with van der Waals surface area (Å²) < 4.78 is 24.3. The molecule has 1 N–H and O–H groups in total. The molecule has 0 aromatic heterocycles. The van der Waals surface area contributed by atoms with Crippen LogP contribution in [0.3, 0.4) is 0 Å². The van der Waals surface area contributed by atoms with Gasteiger partial charge in [0.05, 0.1) is 12.3 Å². The second-order valence-corrected chi connectivity index (χ2v) is 4.98. The van der Waals surface area contributed by atoms with Crippen LogP contribution in [0.1, 0.15) is 11.1 Å². The summed E-state index contributed by atoms with van der Waals surface area (Å²) in [5.74, 6) is 0.261.